The number of aromatic nitrogens is 4. The minimum atomic E-state index is -0.406. The first-order valence-corrected chi connectivity index (χ1v) is 12.1. The van der Waals surface area contributed by atoms with Crippen molar-refractivity contribution < 1.29 is 9.53 Å². The third kappa shape index (κ3) is 6.10. The van der Waals surface area contributed by atoms with Crippen LogP contribution >= 0.6 is 66.7 Å². The summed E-state index contributed by atoms with van der Waals surface area (Å²) < 4.78 is 10.2. The lowest BCUT2D eigenvalue weighted by Crippen LogP contribution is -2.15. The molecule has 1 amide bonds. The fourth-order valence-electron chi connectivity index (χ4n) is 2.84. The van der Waals surface area contributed by atoms with Gasteiger partial charge in [0, 0.05) is 27.5 Å². The highest BCUT2D eigenvalue weighted by Crippen LogP contribution is 2.28. The predicted octanol–water partition coefficient (Wildman–Crippen LogP) is 6.90. The highest BCUT2D eigenvalue weighted by molar-refractivity contribution is 9.11. The molecule has 4 rings (SSSR count). The van der Waals surface area contributed by atoms with Crippen LogP contribution in [0.4, 0.5) is 5.82 Å². The van der Waals surface area contributed by atoms with E-state index in [1.54, 1.807) is 53.5 Å². The molecule has 0 spiro atoms. The van der Waals surface area contributed by atoms with Crippen LogP contribution in [0.3, 0.4) is 0 Å². The van der Waals surface area contributed by atoms with E-state index >= 15 is 0 Å². The maximum Gasteiger partial charge on any atom is 0.277 e. The summed E-state index contributed by atoms with van der Waals surface area (Å²) in [5, 5.41) is 13.1. The Hall–Kier alpha value is -2.04. The molecule has 2 aromatic carbocycles. The Kier molecular flexibility index (Phi) is 7.65. The molecule has 2 aromatic heterocycles. The predicted molar refractivity (Wildman–Crippen MR) is 135 cm³/mol. The molecule has 0 fully saturated rings. The molecule has 0 radical (unpaired) electrons. The van der Waals surface area contributed by atoms with Gasteiger partial charge >= 0.3 is 0 Å². The molecule has 2 heterocycles. The highest BCUT2D eigenvalue weighted by atomic mass is 79.9. The molecule has 4 aromatic rings. The van der Waals surface area contributed by atoms with Gasteiger partial charge in [-0.2, -0.15) is 10.2 Å². The van der Waals surface area contributed by atoms with Gasteiger partial charge in [0.2, 0.25) is 0 Å². The van der Waals surface area contributed by atoms with Crippen LogP contribution in [0.25, 0.3) is 0 Å². The topological polar surface area (TPSA) is 74.0 Å². The minimum Gasteiger partial charge on any atom is -0.470 e. The summed E-state index contributed by atoms with van der Waals surface area (Å²) in [6.07, 6.45) is 3.39. The molecule has 1 N–H and O–H groups in total. The molecular weight excluding hydrogens is 620 g/mol. The summed E-state index contributed by atoms with van der Waals surface area (Å²) >= 11 is 24.9. The SMILES string of the molecule is O=C(Nc1nn(Cc2ccc(Cl)cc2Cl)cc1Br)c1ccn(COc2ccc(Cl)cc2Br)n1. The number of amides is 1. The first-order valence-electron chi connectivity index (χ1n) is 9.38. The minimum absolute atomic E-state index is 0.119. The first-order chi connectivity index (χ1) is 15.8. The fraction of sp³-hybridized carbons (Fsp3) is 0.0952. The van der Waals surface area contributed by atoms with E-state index in [1.165, 1.54) is 4.68 Å². The molecule has 0 aliphatic carbocycles. The van der Waals surface area contributed by atoms with E-state index in [0.29, 0.717) is 37.7 Å². The van der Waals surface area contributed by atoms with Gasteiger partial charge in [-0.15, -0.1) is 0 Å². The van der Waals surface area contributed by atoms with Crippen molar-refractivity contribution in [3.05, 3.63) is 90.1 Å². The van der Waals surface area contributed by atoms with E-state index < -0.39 is 5.91 Å². The molecule has 33 heavy (non-hydrogen) atoms. The van der Waals surface area contributed by atoms with Gasteiger partial charge in [-0.1, -0.05) is 40.9 Å². The van der Waals surface area contributed by atoms with Crippen LogP contribution < -0.4 is 10.1 Å². The van der Waals surface area contributed by atoms with Crippen molar-refractivity contribution in [1.82, 2.24) is 19.6 Å². The third-order valence-electron chi connectivity index (χ3n) is 4.42. The number of rotatable bonds is 7. The van der Waals surface area contributed by atoms with E-state index in [4.69, 9.17) is 39.5 Å². The Labute approximate surface area is 220 Å². The van der Waals surface area contributed by atoms with Crippen molar-refractivity contribution in [1.29, 1.82) is 0 Å². The van der Waals surface area contributed by atoms with E-state index in [2.05, 4.69) is 47.4 Å². The van der Waals surface area contributed by atoms with Crippen LogP contribution in [0, 0.1) is 0 Å². The third-order valence-corrected chi connectivity index (χ3v) is 6.44. The molecule has 0 unspecified atom stereocenters. The number of hydrogen-bond acceptors (Lipinski definition) is 4. The standard InChI is InChI=1S/C21H14Br2Cl3N5O2/c22-15-7-13(24)3-4-19(15)33-11-30-6-5-18(28-30)21(32)27-20-16(23)10-31(29-20)9-12-1-2-14(25)8-17(12)26/h1-8,10H,9,11H2,(H,27,29,32). The number of ether oxygens (including phenoxy) is 1. The van der Waals surface area contributed by atoms with Gasteiger partial charge in [-0.05, 0) is 73.8 Å². The normalized spacial score (nSPS) is 10.9. The molecule has 0 saturated heterocycles. The van der Waals surface area contributed by atoms with Crippen LogP contribution in [-0.4, -0.2) is 25.5 Å². The van der Waals surface area contributed by atoms with Crippen molar-refractivity contribution in [3.8, 4) is 5.75 Å². The summed E-state index contributed by atoms with van der Waals surface area (Å²) in [6, 6.07) is 12.1. The maximum absolute atomic E-state index is 12.6. The maximum atomic E-state index is 12.6. The van der Waals surface area contributed by atoms with Gasteiger partial charge in [-0.25, -0.2) is 4.68 Å². The molecule has 0 aliphatic rings. The molecule has 0 atom stereocenters. The van der Waals surface area contributed by atoms with Crippen molar-refractivity contribution in [2.75, 3.05) is 5.32 Å². The number of carbonyl (C=O) groups excluding carboxylic acids is 1. The average Bonchev–Trinajstić information content (AvgIpc) is 3.36. The van der Waals surface area contributed by atoms with Crippen LogP contribution in [0.5, 0.6) is 5.75 Å². The quantitative estimate of drug-likeness (QED) is 0.240. The van der Waals surface area contributed by atoms with Crippen LogP contribution in [0.2, 0.25) is 15.1 Å². The van der Waals surface area contributed by atoms with Crippen LogP contribution in [0.1, 0.15) is 16.1 Å². The number of halogens is 5. The van der Waals surface area contributed by atoms with Gasteiger partial charge < -0.3 is 10.1 Å². The number of hydrogen-bond donors (Lipinski definition) is 1. The van der Waals surface area contributed by atoms with E-state index in [9.17, 15) is 4.79 Å². The summed E-state index contributed by atoms with van der Waals surface area (Å²) in [7, 11) is 0. The molecule has 7 nitrogen and oxygen atoms in total. The van der Waals surface area contributed by atoms with Crippen molar-refractivity contribution in [2.24, 2.45) is 0 Å². The Morgan fingerprint density at radius 2 is 1.73 bits per heavy atom. The summed E-state index contributed by atoms with van der Waals surface area (Å²) in [5.74, 6) is 0.564. The van der Waals surface area contributed by atoms with Gasteiger partial charge in [-0.3, -0.25) is 9.48 Å². The second-order valence-corrected chi connectivity index (χ2v) is 9.79. The zero-order valence-electron chi connectivity index (χ0n) is 16.6. The van der Waals surface area contributed by atoms with Crippen LogP contribution in [0.15, 0.2) is 63.8 Å². The van der Waals surface area contributed by atoms with Crippen molar-refractivity contribution in [3.63, 3.8) is 0 Å². The smallest absolute Gasteiger partial charge is 0.277 e. The Morgan fingerprint density at radius 3 is 2.48 bits per heavy atom. The number of anilines is 1. The lowest BCUT2D eigenvalue weighted by molar-refractivity contribution is 0.101. The lowest BCUT2D eigenvalue weighted by atomic mass is 10.2. The van der Waals surface area contributed by atoms with E-state index in [-0.39, 0.29) is 12.4 Å². The van der Waals surface area contributed by atoms with Gasteiger partial charge in [0.05, 0.1) is 15.5 Å². The largest absolute Gasteiger partial charge is 0.470 e. The zero-order valence-corrected chi connectivity index (χ0v) is 22.0. The van der Waals surface area contributed by atoms with Crippen molar-refractivity contribution in [2.45, 2.75) is 13.3 Å². The van der Waals surface area contributed by atoms with E-state index in [0.717, 1.165) is 10.0 Å². The Bertz CT molecular complexity index is 1330. The number of nitrogens with one attached hydrogen (secondary N) is 1. The second-order valence-electron chi connectivity index (χ2n) is 6.80. The van der Waals surface area contributed by atoms with Crippen molar-refractivity contribution >= 4 is 78.4 Å². The summed E-state index contributed by atoms with van der Waals surface area (Å²) in [4.78, 5) is 12.6. The first kappa shape index (κ1) is 24.1. The van der Waals surface area contributed by atoms with Gasteiger partial charge in [0.25, 0.3) is 5.91 Å². The molecular formula is C21H14Br2Cl3N5O2. The molecule has 170 valence electrons. The number of nitrogens with zero attached hydrogens (tertiary/aromatic N) is 4. The molecule has 12 heteroatoms. The average molecular weight is 635 g/mol. The monoisotopic (exact) mass is 631 g/mol. The zero-order chi connectivity index (χ0) is 23.5. The van der Waals surface area contributed by atoms with Gasteiger partial charge in [0.15, 0.2) is 18.2 Å². The Balaban J connectivity index is 1.39. The lowest BCUT2D eigenvalue weighted by Gasteiger charge is -2.08. The Morgan fingerprint density at radius 1 is 0.970 bits per heavy atom. The fourth-order valence-corrected chi connectivity index (χ4v) is 4.52. The molecule has 0 bridgehead atoms. The molecule has 0 saturated carbocycles. The number of carbonyl (C=O) groups is 1. The van der Waals surface area contributed by atoms with E-state index in [1.807, 2.05) is 6.07 Å². The highest BCUT2D eigenvalue weighted by Gasteiger charge is 2.15. The molecule has 0 aliphatic heterocycles. The van der Waals surface area contributed by atoms with Gasteiger partial charge in [0.1, 0.15) is 5.75 Å². The summed E-state index contributed by atoms with van der Waals surface area (Å²) in [6.45, 7) is 0.532. The summed E-state index contributed by atoms with van der Waals surface area (Å²) in [5.41, 5.74) is 1.07. The van der Waals surface area contributed by atoms with Crippen LogP contribution in [-0.2, 0) is 13.3 Å². The number of benzene rings is 2. The second kappa shape index (κ2) is 10.5.